The predicted octanol–water partition coefficient (Wildman–Crippen LogP) is 2.25. The number of carbonyl (C=O) groups excluding carboxylic acids is 1. The molecule has 1 atom stereocenters. The minimum absolute atomic E-state index is 0.0326. The van der Waals surface area contributed by atoms with Gasteiger partial charge < -0.3 is 15.2 Å². The molecular formula is C15H22F2N2O3. The molecule has 0 saturated carbocycles. The summed E-state index contributed by atoms with van der Waals surface area (Å²) in [7, 11) is 0. The van der Waals surface area contributed by atoms with Gasteiger partial charge in [0.05, 0.1) is 18.2 Å². The SMILES string of the molecule is CC(C)(C)CC(CO)NC(=O)c1ccc(OCC(F)F)nc1. The van der Waals surface area contributed by atoms with E-state index in [-0.39, 0.29) is 35.4 Å². The summed E-state index contributed by atoms with van der Waals surface area (Å²) in [4.78, 5) is 15.9. The molecule has 1 aromatic heterocycles. The highest BCUT2D eigenvalue weighted by molar-refractivity contribution is 5.94. The Bertz CT molecular complexity index is 473. The summed E-state index contributed by atoms with van der Waals surface area (Å²) in [5.74, 6) is -0.346. The first-order chi connectivity index (χ1) is 10.2. The molecule has 0 aromatic carbocycles. The summed E-state index contributed by atoms with van der Waals surface area (Å²) in [5, 5.41) is 12.0. The number of amides is 1. The second-order valence-corrected chi connectivity index (χ2v) is 6.20. The number of rotatable bonds is 7. The Hall–Kier alpha value is -1.76. The van der Waals surface area contributed by atoms with Crippen LogP contribution < -0.4 is 10.1 Å². The van der Waals surface area contributed by atoms with Crippen molar-refractivity contribution in [3.8, 4) is 5.88 Å². The minimum Gasteiger partial charge on any atom is -0.472 e. The van der Waals surface area contributed by atoms with Gasteiger partial charge in [-0.25, -0.2) is 13.8 Å². The molecule has 5 nitrogen and oxygen atoms in total. The van der Waals surface area contributed by atoms with Gasteiger partial charge in [0.25, 0.3) is 12.3 Å². The summed E-state index contributed by atoms with van der Waals surface area (Å²) < 4.78 is 28.7. The van der Waals surface area contributed by atoms with Crippen LogP contribution in [0.3, 0.4) is 0 Å². The number of nitrogens with one attached hydrogen (secondary N) is 1. The molecule has 7 heteroatoms. The molecule has 124 valence electrons. The van der Waals surface area contributed by atoms with Crippen molar-refractivity contribution in [1.82, 2.24) is 10.3 Å². The topological polar surface area (TPSA) is 71.5 Å². The molecule has 1 aromatic rings. The van der Waals surface area contributed by atoms with E-state index in [2.05, 4.69) is 10.3 Å². The fraction of sp³-hybridized carbons (Fsp3) is 0.600. The standard InChI is InChI=1S/C15H22F2N2O3/c1-15(2,3)6-11(8-20)19-14(21)10-4-5-13(18-7-10)22-9-12(16)17/h4-5,7,11-12,20H,6,8-9H2,1-3H3,(H,19,21). The van der Waals surface area contributed by atoms with Crippen molar-refractivity contribution >= 4 is 5.91 Å². The highest BCUT2D eigenvalue weighted by Crippen LogP contribution is 2.20. The highest BCUT2D eigenvalue weighted by Gasteiger charge is 2.20. The van der Waals surface area contributed by atoms with Crippen molar-refractivity contribution in [2.24, 2.45) is 5.41 Å². The van der Waals surface area contributed by atoms with Crippen LogP contribution in [0.2, 0.25) is 0 Å². The van der Waals surface area contributed by atoms with Crippen LogP contribution in [0.4, 0.5) is 8.78 Å². The molecule has 0 saturated heterocycles. The molecule has 22 heavy (non-hydrogen) atoms. The summed E-state index contributed by atoms with van der Waals surface area (Å²) in [5.41, 5.74) is 0.239. The van der Waals surface area contributed by atoms with E-state index < -0.39 is 13.0 Å². The fourth-order valence-corrected chi connectivity index (χ4v) is 1.92. The van der Waals surface area contributed by atoms with Crippen molar-refractivity contribution in [1.29, 1.82) is 0 Å². The summed E-state index contributed by atoms with van der Waals surface area (Å²) in [6, 6.07) is 2.44. The fourth-order valence-electron chi connectivity index (χ4n) is 1.92. The number of aliphatic hydroxyl groups excluding tert-OH is 1. The van der Waals surface area contributed by atoms with Crippen LogP contribution in [0.1, 0.15) is 37.6 Å². The third kappa shape index (κ3) is 6.80. The number of aliphatic hydroxyl groups is 1. The summed E-state index contributed by atoms with van der Waals surface area (Å²) in [6.07, 6.45) is -0.701. The molecule has 0 aliphatic heterocycles. The molecule has 1 rings (SSSR count). The number of halogens is 2. The number of alkyl halides is 2. The second kappa shape index (κ2) is 8.03. The van der Waals surface area contributed by atoms with Gasteiger partial charge in [-0.05, 0) is 17.9 Å². The predicted molar refractivity (Wildman–Crippen MR) is 78.1 cm³/mol. The van der Waals surface area contributed by atoms with Crippen molar-refractivity contribution in [2.75, 3.05) is 13.2 Å². The molecule has 0 bridgehead atoms. The summed E-state index contributed by atoms with van der Waals surface area (Å²) >= 11 is 0. The van der Waals surface area contributed by atoms with E-state index in [1.54, 1.807) is 0 Å². The van der Waals surface area contributed by atoms with Crippen LogP contribution in [0, 0.1) is 5.41 Å². The second-order valence-electron chi connectivity index (χ2n) is 6.20. The van der Waals surface area contributed by atoms with E-state index in [1.807, 2.05) is 20.8 Å². The van der Waals surface area contributed by atoms with Crippen molar-refractivity contribution in [2.45, 2.75) is 39.7 Å². The van der Waals surface area contributed by atoms with Crippen LogP contribution >= 0.6 is 0 Å². The maximum absolute atomic E-state index is 12.1. The quantitative estimate of drug-likeness (QED) is 0.809. The van der Waals surface area contributed by atoms with Gasteiger partial charge in [0, 0.05) is 12.3 Å². The maximum atomic E-state index is 12.1. The first-order valence-corrected chi connectivity index (χ1v) is 7.00. The molecule has 0 aliphatic carbocycles. The lowest BCUT2D eigenvalue weighted by Crippen LogP contribution is -2.40. The first kappa shape index (κ1) is 18.3. The number of hydrogen-bond acceptors (Lipinski definition) is 4. The van der Waals surface area contributed by atoms with E-state index in [9.17, 15) is 18.7 Å². The molecule has 2 N–H and O–H groups in total. The monoisotopic (exact) mass is 316 g/mol. The van der Waals surface area contributed by atoms with E-state index >= 15 is 0 Å². The van der Waals surface area contributed by atoms with E-state index in [1.165, 1.54) is 18.3 Å². The minimum atomic E-state index is -2.58. The smallest absolute Gasteiger partial charge is 0.272 e. The number of ether oxygens (including phenoxy) is 1. The largest absolute Gasteiger partial charge is 0.472 e. The Labute approximate surface area is 128 Å². The lowest BCUT2D eigenvalue weighted by Gasteiger charge is -2.25. The third-order valence-electron chi connectivity index (χ3n) is 2.77. The zero-order chi connectivity index (χ0) is 16.8. The van der Waals surface area contributed by atoms with Gasteiger partial charge in [-0.3, -0.25) is 4.79 Å². The van der Waals surface area contributed by atoms with Gasteiger partial charge in [0.2, 0.25) is 5.88 Å². The van der Waals surface area contributed by atoms with Gasteiger partial charge >= 0.3 is 0 Å². The normalized spacial score (nSPS) is 13.0. The van der Waals surface area contributed by atoms with Crippen LogP contribution in [0.15, 0.2) is 18.3 Å². The lowest BCUT2D eigenvalue weighted by atomic mass is 9.88. The Morgan fingerprint density at radius 3 is 2.55 bits per heavy atom. The number of nitrogens with zero attached hydrogens (tertiary/aromatic N) is 1. The van der Waals surface area contributed by atoms with E-state index in [0.29, 0.717) is 6.42 Å². The van der Waals surface area contributed by atoms with Crippen LogP contribution in [-0.4, -0.2) is 41.7 Å². The molecule has 1 amide bonds. The maximum Gasteiger partial charge on any atom is 0.272 e. The first-order valence-electron chi connectivity index (χ1n) is 7.00. The van der Waals surface area contributed by atoms with Crippen LogP contribution in [0.5, 0.6) is 5.88 Å². The van der Waals surface area contributed by atoms with Crippen molar-refractivity contribution < 1.29 is 23.4 Å². The van der Waals surface area contributed by atoms with Gasteiger partial charge in [-0.15, -0.1) is 0 Å². The molecular weight excluding hydrogens is 294 g/mol. The Balaban J connectivity index is 2.61. The van der Waals surface area contributed by atoms with E-state index in [4.69, 9.17) is 4.74 Å². The molecule has 1 heterocycles. The molecule has 1 unspecified atom stereocenters. The third-order valence-corrected chi connectivity index (χ3v) is 2.77. The van der Waals surface area contributed by atoms with Gasteiger partial charge in [0.1, 0.15) is 0 Å². The highest BCUT2D eigenvalue weighted by atomic mass is 19.3. The number of pyridine rings is 1. The Kier molecular flexibility index (Phi) is 6.67. The number of aromatic nitrogens is 1. The molecule has 0 spiro atoms. The molecule has 0 radical (unpaired) electrons. The zero-order valence-electron chi connectivity index (χ0n) is 13.0. The average Bonchev–Trinajstić information content (AvgIpc) is 2.43. The zero-order valence-corrected chi connectivity index (χ0v) is 13.0. The lowest BCUT2D eigenvalue weighted by molar-refractivity contribution is 0.0794. The van der Waals surface area contributed by atoms with Crippen LogP contribution in [0.25, 0.3) is 0 Å². The van der Waals surface area contributed by atoms with Gasteiger partial charge in [-0.1, -0.05) is 20.8 Å². The average molecular weight is 316 g/mol. The van der Waals surface area contributed by atoms with Crippen LogP contribution in [-0.2, 0) is 0 Å². The van der Waals surface area contributed by atoms with Crippen molar-refractivity contribution in [3.63, 3.8) is 0 Å². The number of hydrogen-bond donors (Lipinski definition) is 2. The Morgan fingerprint density at radius 2 is 2.09 bits per heavy atom. The number of carbonyl (C=O) groups is 1. The van der Waals surface area contributed by atoms with Gasteiger partial charge in [0.15, 0.2) is 6.61 Å². The summed E-state index contributed by atoms with van der Waals surface area (Å²) in [6.45, 7) is 5.14. The van der Waals surface area contributed by atoms with Crippen molar-refractivity contribution in [3.05, 3.63) is 23.9 Å². The molecule has 0 aliphatic rings. The molecule has 0 fully saturated rings. The Morgan fingerprint density at radius 1 is 1.41 bits per heavy atom. The van der Waals surface area contributed by atoms with E-state index in [0.717, 1.165) is 0 Å². The van der Waals surface area contributed by atoms with Gasteiger partial charge in [-0.2, -0.15) is 0 Å².